The van der Waals surface area contributed by atoms with Gasteiger partial charge in [0.25, 0.3) is 0 Å². The maximum atomic E-state index is 11.3. The van der Waals surface area contributed by atoms with Crippen LogP contribution in [-0.2, 0) is 11.2 Å². The number of rotatable bonds is 10. The second kappa shape index (κ2) is 9.48. The number of ether oxygens (including phenoxy) is 1. The van der Waals surface area contributed by atoms with Crippen LogP contribution in [0.2, 0.25) is 0 Å². The van der Waals surface area contributed by atoms with E-state index < -0.39 is 5.97 Å². The summed E-state index contributed by atoms with van der Waals surface area (Å²) in [5.41, 5.74) is 3.77. The lowest BCUT2D eigenvalue weighted by Crippen LogP contribution is -2.60. The Bertz CT molecular complexity index is 880. The van der Waals surface area contributed by atoms with Gasteiger partial charge in [0.05, 0.1) is 12.5 Å². The molecule has 0 aromatic heterocycles. The first-order valence-electron chi connectivity index (χ1n) is 11.1. The van der Waals surface area contributed by atoms with Crippen molar-refractivity contribution < 1.29 is 14.6 Å². The highest BCUT2D eigenvalue weighted by Gasteiger charge is 2.56. The maximum Gasteiger partial charge on any atom is 0.309 e. The van der Waals surface area contributed by atoms with Gasteiger partial charge in [-0.1, -0.05) is 48.6 Å². The van der Waals surface area contributed by atoms with Crippen molar-refractivity contribution in [3.8, 4) is 5.75 Å². The first-order chi connectivity index (χ1) is 14.6. The monoisotopic (exact) mass is 405 g/mol. The molecule has 2 aliphatic heterocycles. The van der Waals surface area contributed by atoms with Gasteiger partial charge >= 0.3 is 5.97 Å². The minimum Gasteiger partial charge on any atom is -0.494 e. The highest BCUT2D eigenvalue weighted by atomic mass is 16.5. The number of nitrogens with zero attached hydrogens (tertiary/aromatic N) is 1. The summed E-state index contributed by atoms with van der Waals surface area (Å²) in [6.45, 7) is 3.68. The summed E-state index contributed by atoms with van der Waals surface area (Å²) < 4.78 is 5.93. The van der Waals surface area contributed by atoms with Crippen LogP contribution in [0.25, 0.3) is 6.08 Å². The van der Waals surface area contributed by atoms with Gasteiger partial charge in [-0.05, 0) is 67.9 Å². The number of hydrogen-bond donors (Lipinski definition) is 1. The number of unbranched alkanes of at least 4 members (excludes halogenated alkanes) is 1. The molecule has 1 saturated carbocycles. The van der Waals surface area contributed by atoms with Gasteiger partial charge in [0.15, 0.2) is 0 Å². The van der Waals surface area contributed by atoms with Gasteiger partial charge in [0, 0.05) is 18.6 Å². The van der Waals surface area contributed by atoms with Crippen molar-refractivity contribution >= 4 is 12.0 Å². The Balaban J connectivity index is 1.20. The number of hydrogen-bond acceptors (Lipinski definition) is 3. The molecule has 1 aliphatic carbocycles. The highest BCUT2D eigenvalue weighted by Crippen LogP contribution is 2.45. The Labute approximate surface area is 179 Å². The first kappa shape index (κ1) is 20.7. The molecule has 158 valence electrons. The normalized spacial score (nSPS) is 22.9. The van der Waals surface area contributed by atoms with Crippen molar-refractivity contribution in [3.05, 3.63) is 71.3 Å². The zero-order valence-electron chi connectivity index (χ0n) is 17.7. The fraction of sp³-hybridized carbons (Fsp3) is 0.423. The van der Waals surface area contributed by atoms with E-state index in [2.05, 4.69) is 66.4 Å². The second-order valence-electron chi connectivity index (χ2n) is 8.48. The summed E-state index contributed by atoms with van der Waals surface area (Å²) in [7, 11) is 0. The minimum atomic E-state index is -0.630. The third-order valence-electron chi connectivity index (χ3n) is 6.55. The quantitative estimate of drug-likeness (QED) is 0.568. The molecular weight excluding hydrogens is 374 g/mol. The number of benzene rings is 2. The van der Waals surface area contributed by atoms with Crippen molar-refractivity contribution in [2.24, 2.45) is 5.92 Å². The predicted octanol–water partition coefficient (Wildman–Crippen LogP) is 4.96. The predicted molar refractivity (Wildman–Crippen MR) is 120 cm³/mol. The molecular formula is C26H31NO3. The molecule has 30 heavy (non-hydrogen) atoms. The average molecular weight is 406 g/mol. The lowest BCUT2D eigenvalue weighted by molar-refractivity contribution is -0.153. The Morgan fingerprint density at radius 1 is 1.13 bits per heavy atom. The number of fused-ring (bicyclic) bond motifs is 1. The molecule has 2 unspecified atom stereocenters. The van der Waals surface area contributed by atoms with Crippen molar-refractivity contribution in [3.63, 3.8) is 0 Å². The first-order valence-corrected chi connectivity index (χ1v) is 11.1. The molecule has 2 heterocycles. The molecule has 2 bridgehead atoms. The van der Waals surface area contributed by atoms with E-state index in [-0.39, 0.29) is 18.0 Å². The maximum absolute atomic E-state index is 11.3. The van der Waals surface area contributed by atoms with E-state index in [4.69, 9.17) is 4.74 Å². The molecule has 4 heteroatoms. The Morgan fingerprint density at radius 3 is 2.60 bits per heavy atom. The largest absolute Gasteiger partial charge is 0.494 e. The second-order valence-corrected chi connectivity index (χ2v) is 8.48. The van der Waals surface area contributed by atoms with Crippen LogP contribution in [0.3, 0.4) is 0 Å². The lowest BCUT2D eigenvalue weighted by Gasteiger charge is -2.45. The third-order valence-corrected chi connectivity index (χ3v) is 6.55. The van der Waals surface area contributed by atoms with Crippen LogP contribution in [0, 0.1) is 12.8 Å². The van der Waals surface area contributed by atoms with Crippen LogP contribution in [0.15, 0.2) is 54.6 Å². The van der Waals surface area contributed by atoms with Gasteiger partial charge in [-0.3, -0.25) is 9.69 Å². The summed E-state index contributed by atoms with van der Waals surface area (Å²) >= 11 is 0. The van der Waals surface area contributed by atoms with Crippen LogP contribution < -0.4 is 4.74 Å². The van der Waals surface area contributed by atoms with Crippen LogP contribution in [-0.4, -0.2) is 41.2 Å². The van der Waals surface area contributed by atoms with Crippen LogP contribution in [0.5, 0.6) is 5.75 Å². The fourth-order valence-corrected chi connectivity index (χ4v) is 4.94. The van der Waals surface area contributed by atoms with E-state index >= 15 is 0 Å². The minimum absolute atomic E-state index is 0.149. The van der Waals surface area contributed by atoms with Gasteiger partial charge < -0.3 is 9.84 Å². The molecule has 3 aliphatic rings. The van der Waals surface area contributed by atoms with E-state index in [0.29, 0.717) is 0 Å². The molecule has 2 atom stereocenters. The average Bonchev–Trinajstić information content (AvgIpc) is 3.36. The zero-order chi connectivity index (χ0) is 20.9. The van der Waals surface area contributed by atoms with Gasteiger partial charge in [0.2, 0.25) is 0 Å². The summed E-state index contributed by atoms with van der Waals surface area (Å²) in [5, 5.41) is 9.28. The summed E-state index contributed by atoms with van der Waals surface area (Å²) in [6.07, 6.45) is 9.62. The van der Waals surface area contributed by atoms with Crippen molar-refractivity contribution in [1.82, 2.24) is 4.90 Å². The number of carbonyl (C=O) groups is 1. The molecule has 0 amide bonds. The zero-order valence-corrected chi connectivity index (χ0v) is 17.7. The topological polar surface area (TPSA) is 49.8 Å². The smallest absolute Gasteiger partial charge is 0.309 e. The number of aryl methyl sites for hydroxylation is 2. The number of aliphatic carboxylic acids is 1. The Kier molecular flexibility index (Phi) is 6.53. The molecule has 0 radical (unpaired) electrons. The van der Waals surface area contributed by atoms with Crippen LogP contribution in [0.4, 0.5) is 0 Å². The molecule has 2 aromatic rings. The molecule has 2 aromatic carbocycles. The Morgan fingerprint density at radius 2 is 1.90 bits per heavy atom. The van der Waals surface area contributed by atoms with Gasteiger partial charge in [-0.15, -0.1) is 0 Å². The van der Waals surface area contributed by atoms with Crippen molar-refractivity contribution in [2.75, 3.05) is 13.2 Å². The summed E-state index contributed by atoms with van der Waals surface area (Å²) in [5.74, 6) is 0.146. The summed E-state index contributed by atoms with van der Waals surface area (Å²) in [4.78, 5) is 13.6. The van der Waals surface area contributed by atoms with E-state index in [0.717, 1.165) is 51.0 Å². The van der Waals surface area contributed by atoms with E-state index in [1.165, 1.54) is 16.7 Å². The van der Waals surface area contributed by atoms with E-state index in [9.17, 15) is 9.90 Å². The van der Waals surface area contributed by atoms with E-state index in [1.807, 2.05) is 6.07 Å². The number of carboxylic acids is 1. The van der Waals surface area contributed by atoms with Crippen LogP contribution >= 0.6 is 0 Å². The van der Waals surface area contributed by atoms with Gasteiger partial charge in [0.1, 0.15) is 5.75 Å². The molecule has 3 fully saturated rings. The van der Waals surface area contributed by atoms with Gasteiger partial charge in [-0.25, -0.2) is 0 Å². The lowest BCUT2D eigenvalue weighted by atomic mass is 9.88. The van der Waals surface area contributed by atoms with Crippen molar-refractivity contribution in [1.29, 1.82) is 0 Å². The van der Waals surface area contributed by atoms with E-state index in [1.54, 1.807) is 0 Å². The fourth-order valence-electron chi connectivity index (χ4n) is 4.94. The molecule has 4 nitrogen and oxygen atoms in total. The molecule has 5 rings (SSSR count). The molecule has 1 N–H and O–H groups in total. The standard InChI is InChI=1S/C26H31NO3/c1-19-18-22(30-17-6-5-10-20-8-3-2-4-9-20)13-12-21(19)11-7-16-27-23-14-15-24(27)25(23)26(28)29/h2-4,7-9,11-13,18,23-25H,5-6,10,14-17H2,1H3,(H,28,29)/b11-7+. The third kappa shape index (κ3) is 4.59. The summed E-state index contributed by atoms with van der Waals surface area (Å²) in [6, 6.07) is 17.3. The molecule has 2 saturated heterocycles. The highest BCUT2D eigenvalue weighted by molar-refractivity contribution is 5.74. The number of carboxylic acid groups (broad SMARTS) is 1. The SMILES string of the molecule is Cc1cc(OCCCCc2ccccc2)ccc1/C=C/CN1C2CCC1C2C(=O)O. The van der Waals surface area contributed by atoms with Gasteiger partial charge in [-0.2, -0.15) is 0 Å². The Hall–Kier alpha value is -2.59. The molecule has 0 spiro atoms. The van der Waals surface area contributed by atoms with Crippen molar-refractivity contribution in [2.45, 2.75) is 51.1 Å². The van der Waals surface area contributed by atoms with Crippen LogP contribution in [0.1, 0.15) is 42.4 Å².